The first-order valence-electron chi connectivity index (χ1n) is 10.3. The van der Waals surface area contributed by atoms with E-state index < -0.39 is 45.6 Å². The van der Waals surface area contributed by atoms with Crippen molar-refractivity contribution >= 4 is 27.6 Å². The third kappa shape index (κ3) is 5.57. The summed E-state index contributed by atoms with van der Waals surface area (Å²) in [4.78, 5) is 42.3. The van der Waals surface area contributed by atoms with Gasteiger partial charge in [0.15, 0.2) is 0 Å². The molecule has 1 aromatic heterocycles. The highest BCUT2D eigenvalue weighted by Crippen LogP contribution is 2.14. The Hall–Kier alpha value is -3.11. The van der Waals surface area contributed by atoms with Crippen molar-refractivity contribution in [2.75, 3.05) is 6.54 Å². The molecule has 2 atom stereocenters. The van der Waals surface area contributed by atoms with E-state index in [1.807, 2.05) is 0 Å². The molecule has 0 saturated carbocycles. The Morgan fingerprint density at radius 3 is 2.53 bits per heavy atom. The lowest BCUT2D eigenvalue weighted by Crippen LogP contribution is -2.55. The van der Waals surface area contributed by atoms with Crippen molar-refractivity contribution in [2.24, 2.45) is 5.92 Å². The van der Waals surface area contributed by atoms with Gasteiger partial charge in [0, 0.05) is 31.3 Å². The first-order chi connectivity index (χ1) is 15.2. The fourth-order valence-corrected chi connectivity index (χ4v) is 4.80. The number of ketones is 1. The molecule has 2 aromatic rings. The SMILES string of the molecule is CC(C)C(NS(=O)(=O)c1ccccc1)C(=O)NC1Cc2cccnc2CCNC(=O)C1=O. The van der Waals surface area contributed by atoms with Gasteiger partial charge in [0.25, 0.3) is 5.91 Å². The monoisotopic (exact) mass is 458 g/mol. The van der Waals surface area contributed by atoms with Crippen LogP contribution in [0.2, 0.25) is 0 Å². The van der Waals surface area contributed by atoms with Gasteiger partial charge in [0.2, 0.25) is 21.7 Å². The van der Waals surface area contributed by atoms with Gasteiger partial charge >= 0.3 is 0 Å². The van der Waals surface area contributed by atoms with Crippen molar-refractivity contribution in [3.8, 4) is 0 Å². The number of pyridine rings is 1. The van der Waals surface area contributed by atoms with Gasteiger partial charge in [-0.3, -0.25) is 19.4 Å². The molecule has 0 bridgehead atoms. The zero-order valence-electron chi connectivity index (χ0n) is 17.9. The standard InChI is InChI=1S/C22H26N4O5S/c1-14(2)19(26-32(30,31)16-8-4-3-5-9-16)21(28)25-18-13-15-7-6-11-23-17(15)10-12-24-22(29)20(18)27/h3-9,11,14,18-19,26H,10,12-13H2,1-2H3,(H,24,29)(H,25,28). The molecule has 2 unspecified atom stereocenters. The molecular formula is C22H26N4O5S. The van der Waals surface area contributed by atoms with E-state index in [0.29, 0.717) is 6.42 Å². The van der Waals surface area contributed by atoms with Gasteiger partial charge in [-0.1, -0.05) is 38.1 Å². The number of carbonyl (C=O) groups excluding carboxylic acids is 3. The number of nitrogens with one attached hydrogen (secondary N) is 3. The molecule has 10 heteroatoms. The van der Waals surface area contributed by atoms with Crippen LogP contribution < -0.4 is 15.4 Å². The van der Waals surface area contributed by atoms with Gasteiger partial charge in [0.1, 0.15) is 12.1 Å². The highest BCUT2D eigenvalue weighted by Gasteiger charge is 2.34. The maximum atomic E-state index is 13.1. The van der Waals surface area contributed by atoms with Crippen LogP contribution in [0.5, 0.6) is 0 Å². The second-order valence-corrected chi connectivity index (χ2v) is 9.61. The number of benzene rings is 1. The quantitative estimate of drug-likeness (QED) is 0.535. The van der Waals surface area contributed by atoms with Crippen LogP contribution in [0.25, 0.3) is 0 Å². The summed E-state index contributed by atoms with van der Waals surface area (Å²) in [6.45, 7) is 3.63. The third-order valence-electron chi connectivity index (χ3n) is 5.20. The van der Waals surface area contributed by atoms with Gasteiger partial charge < -0.3 is 10.6 Å². The minimum Gasteiger partial charge on any atom is -0.349 e. The number of rotatable bonds is 6. The van der Waals surface area contributed by atoms with Gasteiger partial charge in [-0.2, -0.15) is 4.72 Å². The fourth-order valence-electron chi connectivity index (χ4n) is 3.44. The third-order valence-corrected chi connectivity index (χ3v) is 6.65. The molecule has 0 saturated heterocycles. The van der Waals surface area contributed by atoms with Gasteiger partial charge in [0.05, 0.1) is 4.90 Å². The molecule has 1 aliphatic rings. The minimum atomic E-state index is -3.97. The van der Waals surface area contributed by atoms with E-state index in [9.17, 15) is 22.8 Å². The van der Waals surface area contributed by atoms with Gasteiger partial charge in [-0.25, -0.2) is 8.42 Å². The molecule has 1 aromatic carbocycles. The Kier molecular flexibility index (Phi) is 7.37. The van der Waals surface area contributed by atoms with E-state index in [1.54, 1.807) is 50.4 Å². The van der Waals surface area contributed by atoms with E-state index in [4.69, 9.17) is 0 Å². The number of aromatic nitrogens is 1. The summed E-state index contributed by atoms with van der Waals surface area (Å²) >= 11 is 0. The molecule has 0 spiro atoms. The van der Waals surface area contributed by atoms with E-state index in [0.717, 1.165) is 11.3 Å². The largest absolute Gasteiger partial charge is 0.349 e. The second-order valence-electron chi connectivity index (χ2n) is 7.90. The molecule has 2 amide bonds. The molecular weight excluding hydrogens is 432 g/mol. The van der Waals surface area contributed by atoms with Crippen molar-refractivity contribution in [3.05, 3.63) is 59.9 Å². The highest BCUT2D eigenvalue weighted by molar-refractivity contribution is 7.89. The average molecular weight is 459 g/mol. The second kappa shape index (κ2) is 10.0. The molecule has 1 aliphatic heterocycles. The van der Waals surface area contributed by atoms with E-state index in [2.05, 4.69) is 20.3 Å². The normalized spacial score (nSPS) is 18.0. The molecule has 3 rings (SSSR count). The van der Waals surface area contributed by atoms with Gasteiger partial charge in [-0.05, 0) is 29.7 Å². The Bertz CT molecular complexity index is 1100. The van der Waals surface area contributed by atoms with Crippen LogP contribution >= 0.6 is 0 Å². The number of carbonyl (C=O) groups is 3. The van der Waals surface area contributed by atoms with Crippen LogP contribution in [0.1, 0.15) is 25.1 Å². The van der Waals surface area contributed by atoms with Crippen molar-refractivity contribution in [1.29, 1.82) is 0 Å². The Labute approximate surface area is 187 Å². The lowest BCUT2D eigenvalue weighted by Gasteiger charge is -2.25. The van der Waals surface area contributed by atoms with Crippen LogP contribution in [0.15, 0.2) is 53.6 Å². The zero-order valence-corrected chi connectivity index (χ0v) is 18.7. The van der Waals surface area contributed by atoms with Crippen molar-refractivity contribution in [2.45, 2.75) is 43.7 Å². The van der Waals surface area contributed by atoms with Crippen LogP contribution in [0.3, 0.4) is 0 Å². The lowest BCUT2D eigenvalue weighted by molar-refractivity contribution is -0.140. The number of nitrogens with zero attached hydrogens (tertiary/aromatic N) is 1. The number of hydrogen-bond acceptors (Lipinski definition) is 6. The maximum absolute atomic E-state index is 13.1. The minimum absolute atomic E-state index is 0.0244. The molecule has 0 aliphatic carbocycles. The Balaban J connectivity index is 1.84. The predicted octanol–water partition coefficient (Wildman–Crippen LogP) is 0.353. The number of Topliss-reactive ketones (excluding diaryl/α,β-unsaturated/α-hetero) is 1. The van der Waals surface area contributed by atoms with Crippen molar-refractivity contribution < 1.29 is 22.8 Å². The molecule has 3 N–H and O–H groups in total. The molecule has 170 valence electrons. The first-order valence-corrected chi connectivity index (χ1v) is 11.8. The summed E-state index contributed by atoms with van der Waals surface area (Å²) in [5.74, 6) is -2.68. The molecule has 0 radical (unpaired) electrons. The Morgan fingerprint density at radius 2 is 1.84 bits per heavy atom. The average Bonchev–Trinajstić information content (AvgIpc) is 2.82. The zero-order chi connectivity index (χ0) is 23.3. The summed E-state index contributed by atoms with van der Waals surface area (Å²) in [6, 6.07) is 8.93. The smallest absolute Gasteiger partial charge is 0.289 e. The number of amides is 2. The Morgan fingerprint density at radius 1 is 1.12 bits per heavy atom. The van der Waals surface area contributed by atoms with Gasteiger partial charge in [-0.15, -0.1) is 0 Å². The van der Waals surface area contributed by atoms with E-state index in [1.165, 1.54) is 12.1 Å². The summed E-state index contributed by atoms with van der Waals surface area (Å²) in [5.41, 5.74) is 1.47. The highest BCUT2D eigenvalue weighted by atomic mass is 32.2. The number of sulfonamides is 1. The first kappa shape index (κ1) is 23.6. The molecule has 0 fully saturated rings. The van der Waals surface area contributed by atoms with Crippen LogP contribution in [0, 0.1) is 5.92 Å². The topological polar surface area (TPSA) is 134 Å². The number of hydrogen-bond donors (Lipinski definition) is 3. The fraction of sp³-hybridized carbons (Fsp3) is 0.364. The summed E-state index contributed by atoms with van der Waals surface area (Å²) in [7, 11) is -3.97. The van der Waals surface area contributed by atoms with Crippen LogP contribution in [0.4, 0.5) is 0 Å². The summed E-state index contributed by atoms with van der Waals surface area (Å²) in [5, 5.41) is 5.13. The van der Waals surface area contributed by atoms with Crippen molar-refractivity contribution in [1.82, 2.24) is 20.3 Å². The van der Waals surface area contributed by atoms with Crippen LogP contribution in [-0.2, 0) is 37.2 Å². The summed E-state index contributed by atoms with van der Waals surface area (Å²) in [6.07, 6.45) is 2.17. The summed E-state index contributed by atoms with van der Waals surface area (Å²) < 4.78 is 27.9. The number of fused-ring (bicyclic) bond motifs is 1. The molecule has 32 heavy (non-hydrogen) atoms. The van der Waals surface area contributed by atoms with E-state index >= 15 is 0 Å². The van der Waals surface area contributed by atoms with E-state index in [-0.39, 0.29) is 17.9 Å². The maximum Gasteiger partial charge on any atom is 0.289 e. The molecule has 9 nitrogen and oxygen atoms in total. The molecule has 2 heterocycles. The van der Waals surface area contributed by atoms with Crippen LogP contribution in [-0.4, -0.2) is 49.6 Å². The van der Waals surface area contributed by atoms with Crippen molar-refractivity contribution in [3.63, 3.8) is 0 Å². The predicted molar refractivity (Wildman–Crippen MR) is 117 cm³/mol. The lowest BCUT2D eigenvalue weighted by atomic mass is 9.98.